The third-order valence-electron chi connectivity index (χ3n) is 2.81. The number of aromatic nitrogens is 4. The molecule has 1 aromatic carbocycles. The summed E-state index contributed by atoms with van der Waals surface area (Å²) in [6, 6.07) is 7.72. The van der Waals surface area contributed by atoms with Gasteiger partial charge in [0.05, 0.1) is 11.8 Å². The van der Waals surface area contributed by atoms with Gasteiger partial charge < -0.3 is 0 Å². The highest BCUT2D eigenvalue weighted by atomic mass is 35.5. The Morgan fingerprint density at radius 1 is 1.26 bits per heavy atom. The molecule has 3 rings (SSSR count). The maximum atomic E-state index is 5.86. The van der Waals surface area contributed by atoms with Crippen molar-refractivity contribution in [1.29, 1.82) is 0 Å². The Balaban J connectivity index is 1.68. The van der Waals surface area contributed by atoms with Crippen molar-refractivity contribution in [2.75, 3.05) is 17.3 Å². The number of tetrazole rings is 1. The highest BCUT2D eigenvalue weighted by Crippen LogP contribution is 2.34. The molecule has 1 saturated heterocycles. The first kappa shape index (κ1) is 13.3. The molecule has 1 atom stereocenters. The smallest absolute Gasteiger partial charge is 0.160 e. The second kappa shape index (κ2) is 6.15. The zero-order valence-corrected chi connectivity index (χ0v) is 12.6. The van der Waals surface area contributed by atoms with Crippen LogP contribution in [0, 0.1) is 0 Å². The minimum atomic E-state index is 0.387. The van der Waals surface area contributed by atoms with Crippen molar-refractivity contribution < 1.29 is 0 Å². The predicted octanol–water partition coefficient (Wildman–Crippen LogP) is 2.90. The summed E-state index contributed by atoms with van der Waals surface area (Å²) in [6.07, 6.45) is 0. The van der Waals surface area contributed by atoms with Crippen molar-refractivity contribution in [2.45, 2.75) is 11.8 Å². The third-order valence-corrected chi connectivity index (χ3v) is 5.81. The fourth-order valence-electron chi connectivity index (χ4n) is 1.84. The molecule has 1 fully saturated rings. The van der Waals surface area contributed by atoms with Crippen LogP contribution in [0.2, 0.25) is 5.02 Å². The van der Waals surface area contributed by atoms with Crippen LogP contribution in [0.3, 0.4) is 0 Å². The molecule has 0 bridgehead atoms. The molecule has 1 aliphatic heterocycles. The quantitative estimate of drug-likeness (QED) is 0.872. The lowest BCUT2D eigenvalue weighted by molar-refractivity contribution is 0.570. The first-order valence-corrected chi connectivity index (χ1v) is 8.61. The summed E-state index contributed by atoms with van der Waals surface area (Å²) in [5.74, 6) is 4.32. The van der Waals surface area contributed by atoms with E-state index < -0.39 is 0 Å². The molecular formula is C12H13ClN4S2. The van der Waals surface area contributed by atoms with Gasteiger partial charge in [0.2, 0.25) is 0 Å². The summed E-state index contributed by atoms with van der Waals surface area (Å²) in [5.41, 5.74) is 1.12. The summed E-state index contributed by atoms with van der Waals surface area (Å²) in [5, 5.41) is 13.9. The third kappa shape index (κ3) is 3.43. The number of halogens is 1. The number of rotatable bonds is 3. The molecule has 0 spiro atoms. The van der Waals surface area contributed by atoms with E-state index in [-0.39, 0.29) is 0 Å². The van der Waals surface area contributed by atoms with Crippen LogP contribution in [-0.4, -0.2) is 37.5 Å². The first-order chi connectivity index (χ1) is 9.31. The van der Waals surface area contributed by atoms with Crippen molar-refractivity contribution in [1.82, 2.24) is 20.2 Å². The van der Waals surface area contributed by atoms with Crippen LogP contribution < -0.4 is 0 Å². The SMILES string of the molecule is Clc1ccc(Cn2nnc(C3CSCCS3)n2)cc1. The predicted molar refractivity (Wildman–Crippen MR) is 80.9 cm³/mol. The van der Waals surface area contributed by atoms with Gasteiger partial charge in [-0.05, 0) is 22.9 Å². The lowest BCUT2D eigenvalue weighted by atomic mass is 10.2. The van der Waals surface area contributed by atoms with Crippen LogP contribution >= 0.6 is 35.1 Å². The topological polar surface area (TPSA) is 43.6 Å². The summed E-state index contributed by atoms with van der Waals surface area (Å²) in [6.45, 7) is 0.634. The van der Waals surface area contributed by atoms with Crippen LogP contribution in [0.25, 0.3) is 0 Å². The molecule has 19 heavy (non-hydrogen) atoms. The number of benzene rings is 1. The molecule has 0 aliphatic carbocycles. The number of hydrogen-bond acceptors (Lipinski definition) is 5. The molecule has 0 saturated carbocycles. The zero-order valence-electron chi connectivity index (χ0n) is 10.2. The molecule has 0 amide bonds. The van der Waals surface area contributed by atoms with Gasteiger partial charge in [-0.15, -0.1) is 22.0 Å². The molecule has 1 aromatic heterocycles. The molecule has 7 heteroatoms. The lowest BCUT2D eigenvalue weighted by Crippen LogP contribution is -2.09. The van der Waals surface area contributed by atoms with E-state index >= 15 is 0 Å². The Morgan fingerprint density at radius 2 is 2.11 bits per heavy atom. The highest BCUT2D eigenvalue weighted by Gasteiger charge is 2.21. The fourth-order valence-corrected chi connectivity index (χ4v) is 4.55. The Kier molecular flexibility index (Phi) is 4.30. The largest absolute Gasteiger partial charge is 0.188 e. The van der Waals surface area contributed by atoms with E-state index in [0.717, 1.165) is 22.2 Å². The van der Waals surface area contributed by atoms with Crippen molar-refractivity contribution in [2.24, 2.45) is 0 Å². The van der Waals surface area contributed by atoms with Gasteiger partial charge in [-0.3, -0.25) is 0 Å². The van der Waals surface area contributed by atoms with E-state index in [1.54, 1.807) is 4.80 Å². The van der Waals surface area contributed by atoms with Crippen LogP contribution in [-0.2, 0) is 6.54 Å². The minimum absolute atomic E-state index is 0.387. The van der Waals surface area contributed by atoms with Gasteiger partial charge in [0, 0.05) is 22.3 Å². The maximum Gasteiger partial charge on any atom is 0.188 e. The van der Waals surface area contributed by atoms with E-state index in [4.69, 9.17) is 11.6 Å². The molecule has 0 radical (unpaired) electrons. The number of thioether (sulfide) groups is 2. The number of nitrogens with zero attached hydrogens (tertiary/aromatic N) is 4. The second-order valence-electron chi connectivity index (χ2n) is 4.24. The molecule has 0 N–H and O–H groups in total. The summed E-state index contributed by atoms with van der Waals surface area (Å²) < 4.78 is 0. The molecule has 2 heterocycles. The Hall–Kier alpha value is -0.720. The molecular weight excluding hydrogens is 300 g/mol. The first-order valence-electron chi connectivity index (χ1n) is 6.03. The highest BCUT2D eigenvalue weighted by molar-refractivity contribution is 8.06. The Labute approximate surface area is 125 Å². The molecule has 2 aromatic rings. The van der Waals surface area contributed by atoms with Crippen LogP contribution in [0.4, 0.5) is 0 Å². The van der Waals surface area contributed by atoms with Crippen molar-refractivity contribution in [3.63, 3.8) is 0 Å². The van der Waals surface area contributed by atoms with E-state index in [0.29, 0.717) is 11.8 Å². The molecule has 1 unspecified atom stereocenters. The van der Waals surface area contributed by atoms with Gasteiger partial charge in [0.1, 0.15) is 0 Å². The average Bonchev–Trinajstić information content (AvgIpc) is 2.91. The maximum absolute atomic E-state index is 5.86. The average molecular weight is 313 g/mol. The molecule has 1 aliphatic rings. The lowest BCUT2D eigenvalue weighted by Gasteiger charge is -2.17. The monoisotopic (exact) mass is 312 g/mol. The van der Waals surface area contributed by atoms with E-state index in [1.807, 2.05) is 47.8 Å². The van der Waals surface area contributed by atoms with Crippen molar-refractivity contribution in [3.05, 3.63) is 40.7 Å². The van der Waals surface area contributed by atoms with Gasteiger partial charge in [-0.25, -0.2) is 0 Å². The Morgan fingerprint density at radius 3 is 2.84 bits per heavy atom. The minimum Gasteiger partial charge on any atom is -0.160 e. The normalized spacial score (nSPS) is 19.5. The van der Waals surface area contributed by atoms with Gasteiger partial charge in [-0.2, -0.15) is 16.6 Å². The van der Waals surface area contributed by atoms with Gasteiger partial charge >= 0.3 is 0 Å². The summed E-state index contributed by atoms with van der Waals surface area (Å²) >= 11 is 9.75. The van der Waals surface area contributed by atoms with Gasteiger partial charge in [-0.1, -0.05) is 23.7 Å². The summed E-state index contributed by atoms with van der Waals surface area (Å²) in [4.78, 5) is 1.65. The summed E-state index contributed by atoms with van der Waals surface area (Å²) in [7, 11) is 0. The van der Waals surface area contributed by atoms with E-state index in [9.17, 15) is 0 Å². The standard InChI is InChI=1S/C12H13ClN4S2/c13-10-3-1-9(2-4-10)7-17-15-12(14-16-17)11-8-18-5-6-19-11/h1-4,11H,5-8H2. The zero-order chi connectivity index (χ0) is 13.1. The van der Waals surface area contributed by atoms with E-state index in [2.05, 4.69) is 15.4 Å². The van der Waals surface area contributed by atoms with Crippen LogP contribution in [0.1, 0.15) is 16.6 Å². The molecule has 4 nitrogen and oxygen atoms in total. The van der Waals surface area contributed by atoms with Crippen molar-refractivity contribution >= 4 is 35.1 Å². The fraction of sp³-hybridized carbons (Fsp3) is 0.417. The van der Waals surface area contributed by atoms with Crippen LogP contribution in [0.5, 0.6) is 0 Å². The van der Waals surface area contributed by atoms with Crippen LogP contribution in [0.15, 0.2) is 24.3 Å². The second-order valence-corrected chi connectivity index (χ2v) is 7.14. The van der Waals surface area contributed by atoms with Gasteiger partial charge in [0.25, 0.3) is 0 Å². The van der Waals surface area contributed by atoms with Crippen molar-refractivity contribution in [3.8, 4) is 0 Å². The van der Waals surface area contributed by atoms with E-state index in [1.165, 1.54) is 11.5 Å². The molecule has 100 valence electrons. The van der Waals surface area contributed by atoms with Gasteiger partial charge in [0.15, 0.2) is 5.82 Å². The Bertz CT molecular complexity index is 537. The number of hydrogen-bond donors (Lipinski definition) is 0.